The monoisotopic (exact) mass is 480 g/mol. The lowest BCUT2D eigenvalue weighted by Crippen LogP contribution is -2.55. The van der Waals surface area contributed by atoms with Crippen LogP contribution in [-0.2, 0) is 17.6 Å². The number of hydrogen-bond donors (Lipinski definition) is 5. The van der Waals surface area contributed by atoms with Gasteiger partial charge in [0.25, 0.3) is 0 Å². The van der Waals surface area contributed by atoms with Gasteiger partial charge in [0.2, 0.25) is 0 Å². The minimum absolute atomic E-state index is 0.0771. The van der Waals surface area contributed by atoms with Crippen LogP contribution in [0.4, 0.5) is 0 Å². The Morgan fingerprint density at radius 1 is 1.03 bits per heavy atom. The van der Waals surface area contributed by atoms with Crippen molar-refractivity contribution in [3.63, 3.8) is 0 Å². The molecular weight excluding hydrogens is 452 g/mol. The molecule has 2 aromatic rings. The van der Waals surface area contributed by atoms with Gasteiger partial charge in [0.15, 0.2) is 0 Å². The Hall–Kier alpha value is -1.91. The summed E-state index contributed by atoms with van der Waals surface area (Å²) >= 11 is 6.67. The predicted octanol–water partition coefficient (Wildman–Crippen LogP) is 1.14. The van der Waals surface area contributed by atoms with Crippen LogP contribution in [0, 0.1) is 0 Å². The molecule has 0 bridgehead atoms. The van der Waals surface area contributed by atoms with Crippen molar-refractivity contribution >= 4 is 11.6 Å². The predicted molar refractivity (Wildman–Crippen MR) is 120 cm³/mol. The molecule has 0 radical (unpaired) electrons. The van der Waals surface area contributed by atoms with Crippen molar-refractivity contribution < 1.29 is 39.7 Å². The molecule has 2 aromatic carbocycles. The first kappa shape index (κ1) is 24.2. The van der Waals surface area contributed by atoms with Gasteiger partial charge in [-0.1, -0.05) is 29.8 Å². The van der Waals surface area contributed by atoms with Gasteiger partial charge in [0, 0.05) is 25.0 Å². The summed E-state index contributed by atoms with van der Waals surface area (Å²) in [6, 6.07) is 9.39. The van der Waals surface area contributed by atoms with Gasteiger partial charge < -0.3 is 39.7 Å². The van der Waals surface area contributed by atoms with E-state index >= 15 is 0 Å². The van der Waals surface area contributed by atoms with Crippen LogP contribution in [0.25, 0.3) is 0 Å². The van der Waals surface area contributed by atoms with Crippen molar-refractivity contribution in [2.24, 2.45) is 0 Å². The van der Waals surface area contributed by atoms with E-state index in [0.717, 1.165) is 16.7 Å². The van der Waals surface area contributed by atoms with Crippen molar-refractivity contribution in [2.45, 2.75) is 49.8 Å². The zero-order valence-electron chi connectivity index (χ0n) is 18.1. The molecule has 0 spiro atoms. The zero-order valence-corrected chi connectivity index (χ0v) is 18.8. The van der Waals surface area contributed by atoms with Crippen molar-refractivity contribution in [2.75, 3.05) is 26.4 Å². The number of benzene rings is 2. The summed E-state index contributed by atoms with van der Waals surface area (Å²) in [5, 5.41) is 50.0. The average molecular weight is 481 g/mol. The molecule has 9 heteroatoms. The highest BCUT2D eigenvalue weighted by molar-refractivity contribution is 6.33. The van der Waals surface area contributed by atoms with Crippen molar-refractivity contribution in [3.05, 3.63) is 57.6 Å². The van der Waals surface area contributed by atoms with Crippen molar-refractivity contribution in [3.8, 4) is 11.5 Å². The summed E-state index contributed by atoms with van der Waals surface area (Å²) in [7, 11) is 0. The highest BCUT2D eigenvalue weighted by atomic mass is 35.5. The maximum absolute atomic E-state index is 10.7. The lowest BCUT2D eigenvalue weighted by Gasteiger charge is -2.40. The quantitative estimate of drug-likeness (QED) is 0.356. The largest absolute Gasteiger partial charge is 0.494 e. The van der Waals surface area contributed by atoms with E-state index in [1.807, 2.05) is 30.3 Å². The van der Waals surface area contributed by atoms with Gasteiger partial charge in [-0.2, -0.15) is 0 Å². The second-order valence-corrected chi connectivity index (χ2v) is 8.72. The summed E-state index contributed by atoms with van der Waals surface area (Å²) < 4.78 is 17.2. The maximum atomic E-state index is 10.7. The van der Waals surface area contributed by atoms with Crippen LogP contribution in [0.5, 0.6) is 11.5 Å². The van der Waals surface area contributed by atoms with E-state index in [9.17, 15) is 20.4 Å². The first-order chi connectivity index (χ1) is 15.9. The lowest BCUT2D eigenvalue weighted by molar-refractivity contribution is -0.231. The first-order valence-corrected chi connectivity index (χ1v) is 11.4. The van der Waals surface area contributed by atoms with Crippen molar-refractivity contribution in [1.29, 1.82) is 0 Å². The Kier molecular flexibility index (Phi) is 7.76. The summed E-state index contributed by atoms with van der Waals surface area (Å²) in [5.41, 5.74) is 3.16. The smallest absolute Gasteiger partial charge is 0.141 e. The molecule has 33 heavy (non-hydrogen) atoms. The number of aliphatic hydroxyl groups is 5. The summed E-state index contributed by atoms with van der Waals surface area (Å²) in [4.78, 5) is 0. The van der Waals surface area contributed by atoms with E-state index in [1.165, 1.54) is 0 Å². The van der Waals surface area contributed by atoms with Crippen LogP contribution in [0.2, 0.25) is 5.02 Å². The molecule has 5 atom stereocenters. The van der Waals surface area contributed by atoms with E-state index in [4.69, 9.17) is 30.9 Å². The molecule has 5 N–H and O–H groups in total. The number of ether oxygens (including phenoxy) is 3. The third-order valence-corrected chi connectivity index (χ3v) is 6.53. The Labute approximate surface area is 196 Å². The molecule has 8 nitrogen and oxygen atoms in total. The van der Waals surface area contributed by atoms with Gasteiger partial charge in [-0.15, -0.1) is 0 Å². The van der Waals surface area contributed by atoms with Crippen LogP contribution in [-0.4, -0.2) is 76.4 Å². The molecule has 2 aliphatic heterocycles. The van der Waals surface area contributed by atoms with E-state index in [-0.39, 0.29) is 6.61 Å². The van der Waals surface area contributed by atoms with Gasteiger partial charge in [0.1, 0.15) is 42.0 Å². The fourth-order valence-corrected chi connectivity index (χ4v) is 4.62. The zero-order chi connectivity index (χ0) is 23.5. The molecule has 0 aromatic heterocycles. The highest BCUT2D eigenvalue weighted by Gasteiger charge is 2.45. The SMILES string of the molecule is OCCCOc1ccc(Cc2cc([C@@H]3O[C@H](CO)[C@@H](O)[C@H](O)[C@H]3O)c3c(c2Cl)OCC3)cc1. The molecule has 2 heterocycles. The molecule has 0 saturated carbocycles. The van der Waals surface area contributed by atoms with E-state index in [0.29, 0.717) is 54.6 Å². The van der Waals surface area contributed by atoms with Gasteiger partial charge in [0.05, 0.1) is 24.8 Å². The lowest BCUT2D eigenvalue weighted by atomic mass is 9.87. The Balaban J connectivity index is 1.62. The molecule has 4 rings (SSSR count). The van der Waals surface area contributed by atoms with Gasteiger partial charge >= 0.3 is 0 Å². The topological polar surface area (TPSA) is 129 Å². The second-order valence-electron chi connectivity index (χ2n) is 8.34. The fraction of sp³-hybridized carbons (Fsp3) is 0.500. The van der Waals surface area contributed by atoms with E-state index in [1.54, 1.807) is 0 Å². The fourth-order valence-electron chi connectivity index (χ4n) is 4.33. The van der Waals surface area contributed by atoms with Gasteiger partial charge in [-0.25, -0.2) is 0 Å². The third kappa shape index (κ3) is 4.97. The van der Waals surface area contributed by atoms with Crippen LogP contribution >= 0.6 is 11.6 Å². The number of hydrogen-bond acceptors (Lipinski definition) is 8. The molecule has 0 aliphatic carbocycles. The normalized spacial score (nSPS) is 26.7. The van der Waals surface area contributed by atoms with Crippen LogP contribution in [0.3, 0.4) is 0 Å². The first-order valence-electron chi connectivity index (χ1n) is 11.0. The highest BCUT2D eigenvalue weighted by Crippen LogP contribution is 2.44. The van der Waals surface area contributed by atoms with Crippen LogP contribution in [0.1, 0.15) is 34.8 Å². The summed E-state index contributed by atoms with van der Waals surface area (Å²) in [6.45, 7) is 0.455. The molecule has 0 amide bonds. The minimum Gasteiger partial charge on any atom is -0.494 e. The molecule has 1 fully saturated rings. The van der Waals surface area contributed by atoms with Crippen LogP contribution in [0.15, 0.2) is 30.3 Å². The minimum atomic E-state index is -1.46. The Morgan fingerprint density at radius 2 is 1.79 bits per heavy atom. The molecule has 2 aliphatic rings. The van der Waals surface area contributed by atoms with Gasteiger partial charge in [-0.3, -0.25) is 0 Å². The summed E-state index contributed by atoms with van der Waals surface area (Å²) in [5.74, 6) is 1.24. The number of fused-ring (bicyclic) bond motifs is 1. The number of rotatable bonds is 8. The Bertz CT molecular complexity index is 948. The molecular formula is C24H29ClO8. The molecule has 0 unspecified atom stereocenters. The second kappa shape index (κ2) is 10.6. The number of aliphatic hydroxyl groups excluding tert-OH is 5. The number of halogens is 1. The standard InChI is InChI=1S/C24H29ClO8/c25-19-14(10-13-2-4-15(5-3-13)31-8-1-7-26)11-17(16-6-9-32-23(16)19)24-22(30)21(29)20(28)18(12-27)33-24/h2-5,11,18,20-22,24,26-30H,1,6-10,12H2/t18-,20-,21+,22-,24+/m1/s1. The molecule has 180 valence electrons. The van der Waals surface area contributed by atoms with Crippen LogP contribution < -0.4 is 9.47 Å². The average Bonchev–Trinajstić information content (AvgIpc) is 3.32. The van der Waals surface area contributed by atoms with Gasteiger partial charge in [-0.05, 0) is 35.2 Å². The molecule has 1 saturated heterocycles. The van der Waals surface area contributed by atoms with E-state index in [2.05, 4.69) is 0 Å². The van der Waals surface area contributed by atoms with E-state index < -0.39 is 37.1 Å². The third-order valence-electron chi connectivity index (χ3n) is 6.12. The summed E-state index contributed by atoms with van der Waals surface area (Å²) in [6.07, 6.45) is -4.59. The maximum Gasteiger partial charge on any atom is 0.141 e. The Morgan fingerprint density at radius 3 is 2.48 bits per heavy atom. The van der Waals surface area contributed by atoms with Crippen molar-refractivity contribution in [1.82, 2.24) is 0 Å².